The van der Waals surface area contributed by atoms with Crippen molar-refractivity contribution in [1.29, 1.82) is 0 Å². The van der Waals surface area contributed by atoms with E-state index < -0.39 is 29.9 Å². The van der Waals surface area contributed by atoms with Crippen LogP contribution < -0.4 is 27.4 Å². The molecule has 1 rings (SSSR count). The highest BCUT2D eigenvalue weighted by Crippen LogP contribution is 2.27. The number of hydrogen-bond acceptors (Lipinski definition) is 13. The number of carbonyl (C=O) groups is 7. The van der Waals surface area contributed by atoms with E-state index in [9.17, 15) is 24.0 Å². The summed E-state index contributed by atoms with van der Waals surface area (Å²) in [6, 6.07) is -1.04. The second-order valence-electron chi connectivity index (χ2n) is 10.1. The molecule has 0 aromatic carbocycles. The highest BCUT2D eigenvalue weighted by molar-refractivity contribution is 8.77. The third-order valence-corrected chi connectivity index (χ3v) is 9.81. The molecule has 0 bridgehead atoms. The van der Waals surface area contributed by atoms with Crippen LogP contribution in [0.25, 0.3) is 0 Å². The van der Waals surface area contributed by atoms with E-state index >= 15 is 0 Å². The Balaban J connectivity index is -0.000000607. The first-order valence-electron chi connectivity index (χ1n) is 15.5. The van der Waals surface area contributed by atoms with Gasteiger partial charge in [-0.1, -0.05) is 91.6 Å². The Morgan fingerprint density at radius 3 is 1.94 bits per heavy atom. The summed E-state index contributed by atoms with van der Waals surface area (Å²) in [5.41, 5.74) is 11.0. The number of nitrogens with one attached hydrogen (secondary N) is 3. The van der Waals surface area contributed by atoms with Gasteiger partial charge >= 0.3 is 0 Å². The van der Waals surface area contributed by atoms with Crippen molar-refractivity contribution in [2.24, 2.45) is 23.3 Å². The lowest BCUT2D eigenvalue weighted by Crippen LogP contribution is -2.46. The van der Waals surface area contributed by atoms with Gasteiger partial charge in [0, 0.05) is 61.2 Å². The number of carboxylic acids is 1. The Kier molecular flexibility index (Phi) is 39.3. The molecule has 3 unspecified atom stereocenters. The average molecular weight is 746 g/mol. The van der Waals surface area contributed by atoms with Crippen LogP contribution in [0.2, 0.25) is 0 Å². The van der Waals surface area contributed by atoms with Crippen molar-refractivity contribution < 1.29 is 38.7 Å². The van der Waals surface area contributed by atoms with Crippen LogP contribution in [0.1, 0.15) is 81.6 Å². The maximum atomic E-state index is 12.6. The molecule has 1 aliphatic heterocycles. The quantitative estimate of drug-likeness (QED) is 0.180. The van der Waals surface area contributed by atoms with E-state index in [2.05, 4.69) is 16.0 Å². The summed E-state index contributed by atoms with van der Waals surface area (Å²) in [5.74, 6) is -0.570. The summed E-state index contributed by atoms with van der Waals surface area (Å²) in [5, 5.41) is 15.6. The van der Waals surface area contributed by atoms with Crippen LogP contribution in [0.5, 0.6) is 0 Å². The van der Waals surface area contributed by atoms with E-state index in [0.29, 0.717) is 42.0 Å². The minimum absolute atomic E-state index is 0.0159. The van der Waals surface area contributed by atoms with Gasteiger partial charge in [-0.2, -0.15) is 0 Å². The molecule has 0 saturated carbocycles. The van der Waals surface area contributed by atoms with Gasteiger partial charge in [-0.05, 0) is 19.4 Å². The molecule has 1 aliphatic rings. The SMILES string of the molecule is CC.CC(=O)O.CC(C)N.CC=O.CCC1NC(=O)CCSSCC(N)C(=O)NCC(=O)CC(C(=O)C(C)C)CSSCCNC1=O. The van der Waals surface area contributed by atoms with Crippen molar-refractivity contribution in [3.63, 3.8) is 0 Å². The maximum Gasteiger partial charge on any atom is 0.300 e. The van der Waals surface area contributed by atoms with Crippen LogP contribution in [0.15, 0.2) is 0 Å². The Bertz CT molecular complexity index is 892. The molecule has 0 radical (unpaired) electrons. The summed E-state index contributed by atoms with van der Waals surface area (Å²) >= 11 is 0. The Morgan fingerprint density at radius 1 is 0.957 bits per heavy atom. The third kappa shape index (κ3) is 36.9. The average Bonchev–Trinajstić information content (AvgIpc) is 2.99. The van der Waals surface area contributed by atoms with Crippen LogP contribution in [-0.4, -0.2) is 101 Å². The van der Waals surface area contributed by atoms with Crippen molar-refractivity contribution in [1.82, 2.24) is 16.0 Å². The predicted molar refractivity (Wildman–Crippen MR) is 199 cm³/mol. The van der Waals surface area contributed by atoms with E-state index in [-0.39, 0.29) is 48.7 Å². The lowest BCUT2D eigenvalue weighted by molar-refractivity contribution is -0.134. The zero-order chi connectivity index (χ0) is 37.4. The number of amides is 3. The van der Waals surface area contributed by atoms with E-state index in [1.807, 2.05) is 34.6 Å². The van der Waals surface area contributed by atoms with E-state index in [4.69, 9.17) is 26.2 Å². The summed E-state index contributed by atoms with van der Waals surface area (Å²) in [7, 11) is 5.79. The molecule has 47 heavy (non-hydrogen) atoms. The summed E-state index contributed by atoms with van der Waals surface area (Å²) in [6.45, 7) is 16.1. The zero-order valence-corrected chi connectivity index (χ0v) is 32.7. The normalized spacial score (nSPS) is 20.5. The van der Waals surface area contributed by atoms with Gasteiger partial charge < -0.3 is 37.3 Å². The number of rotatable bonds is 3. The Labute approximate surface area is 297 Å². The standard InChI is InChI=1S/C21H36N4O5S4.C3H9N.C2H4O2.C2H4O.C2H6/c1-4-17-21(30)23-6-8-32-33-11-14(19(28)13(2)3)9-15(26)10-24-20(29)16(22)12-34-31-7-5-18(27)25-17;1-3(2)4;1-2(3)4;1-2-3;1-2/h13-14,16-17H,4-12,22H2,1-3H3,(H,23,30)(H,24,29)(H,25,27);3H,4H2,1-2H3;1H3,(H,3,4);2H,1H3;1-2H3. The molecule has 0 spiro atoms. The summed E-state index contributed by atoms with van der Waals surface area (Å²) < 4.78 is 0. The lowest BCUT2D eigenvalue weighted by atomic mass is 9.92. The topological polar surface area (TPSA) is 228 Å². The monoisotopic (exact) mass is 745 g/mol. The number of nitrogens with two attached hydrogens (primary N) is 2. The molecule has 3 atom stereocenters. The molecule has 1 fully saturated rings. The Morgan fingerprint density at radius 2 is 1.45 bits per heavy atom. The molecule has 0 aromatic rings. The van der Waals surface area contributed by atoms with Crippen LogP contribution in [0.4, 0.5) is 0 Å². The molecule has 276 valence electrons. The van der Waals surface area contributed by atoms with Crippen molar-refractivity contribution in [2.75, 3.05) is 36.1 Å². The molecule has 17 heteroatoms. The number of carbonyl (C=O) groups excluding carboxylic acids is 6. The first-order valence-corrected chi connectivity index (χ1v) is 20.5. The first kappa shape index (κ1) is 52.0. The fraction of sp³-hybridized carbons (Fsp3) is 0.767. The van der Waals surface area contributed by atoms with Gasteiger partial charge in [0.05, 0.1) is 12.6 Å². The highest BCUT2D eigenvalue weighted by atomic mass is 33.1. The van der Waals surface area contributed by atoms with Crippen LogP contribution in [-0.2, 0) is 33.6 Å². The van der Waals surface area contributed by atoms with Gasteiger partial charge in [-0.3, -0.25) is 28.8 Å². The van der Waals surface area contributed by atoms with Crippen molar-refractivity contribution >= 4 is 84.7 Å². The largest absolute Gasteiger partial charge is 0.481 e. The highest BCUT2D eigenvalue weighted by Gasteiger charge is 2.25. The number of aliphatic carboxylic acids is 1. The van der Waals surface area contributed by atoms with Crippen LogP contribution >= 0.6 is 43.2 Å². The van der Waals surface area contributed by atoms with Crippen LogP contribution in [0, 0.1) is 11.8 Å². The predicted octanol–water partition coefficient (Wildman–Crippen LogP) is 3.08. The van der Waals surface area contributed by atoms with Gasteiger partial charge in [0.15, 0.2) is 5.78 Å². The van der Waals surface area contributed by atoms with Gasteiger partial charge in [0.2, 0.25) is 17.7 Å². The number of ketones is 2. The smallest absolute Gasteiger partial charge is 0.300 e. The van der Waals surface area contributed by atoms with Gasteiger partial charge in [-0.25, -0.2) is 0 Å². The Hall–Kier alpha value is -1.79. The van der Waals surface area contributed by atoms with Crippen molar-refractivity contribution in [3.8, 4) is 0 Å². The molecule has 1 heterocycles. The molecule has 8 N–H and O–H groups in total. The fourth-order valence-electron chi connectivity index (χ4n) is 2.92. The molecule has 1 saturated heterocycles. The number of aldehydes is 1. The van der Waals surface area contributed by atoms with Crippen LogP contribution in [0.3, 0.4) is 0 Å². The minimum Gasteiger partial charge on any atom is -0.481 e. The molecule has 13 nitrogen and oxygen atoms in total. The molecular weight excluding hydrogens is 687 g/mol. The van der Waals surface area contributed by atoms with Crippen molar-refractivity contribution in [3.05, 3.63) is 0 Å². The lowest BCUT2D eigenvalue weighted by Gasteiger charge is -2.18. The molecular formula is C30H59N5O8S4. The number of Topliss-reactive ketones (excluding diaryl/α,β-unsaturated/α-hetero) is 2. The summed E-state index contributed by atoms with van der Waals surface area (Å²) in [4.78, 5) is 79.5. The van der Waals surface area contributed by atoms with E-state index in [0.717, 1.165) is 13.2 Å². The molecule has 3 amide bonds. The van der Waals surface area contributed by atoms with Crippen molar-refractivity contribution in [2.45, 2.75) is 99.7 Å². The molecule has 0 aromatic heterocycles. The fourth-order valence-corrected chi connectivity index (χ4v) is 7.26. The summed E-state index contributed by atoms with van der Waals surface area (Å²) in [6.07, 6.45) is 1.55. The maximum absolute atomic E-state index is 12.6. The van der Waals surface area contributed by atoms with E-state index in [1.165, 1.54) is 50.1 Å². The second kappa shape index (κ2) is 35.5. The van der Waals surface area contributed by atoms with Gasteiger partial charge in [0.1, 0.15) is 18.1 Å². The van der Waals surface area contributed by atoms with E-state index in [1.54, 1.807) is 13.8 Å². The van der Waals surface area contributed by atoms with Gasteiger partial charge in [-0.15, -0.1) is 0 Å². The molecule has 0 aliphatic carbocycles. The third-order valence-electron chi connectivity index (χ3n) is 4.88. The second-order valence-corrected chi connectivity index (χ2v) is 15.4. The zero-order valence-electron chi connectivity index (χ0n) is 29.4. The van der Waals surface area contributed by atoms with Gasteiger partial charge in [0.25, 0.3) is 5.97 Å². The first-order chi connectivity index (χ1) is 22.0. The number of carboxylic acid groups (broad SMARTS) is 1. The number of hydrogen-bond donors (Lipinski definition) is 6. The minimum atomic E-state index is -0.833.